The average Bonchev–Trinajstić information content (AvgIpc) is 3.08. The highest BCUT2D eigenvalue weighted by Gasteiger charge is 2.61. The third-order valence-electron chi connectivity index (χ3n) is 11.4. The number of hydrogen-bond donors (Lipinski definition) is 6. The summed E-state index contributed by atoms with van der Waals surface area (Å²) in [6.45, 7) is -0.348. The number of nitrogens with two attached hydrogens (primary N) is 1. The first-order chi connectivity index (χ1) is 23.9. The molecule has 5 aliphatic rings. The van der Waals surface area contributed by atoms with Gasteiger partial charge in [0.1, 0.15) is 17.8 Å². The zero-order valence-electron chi connectivity index (χ0n) is 29.5. The minimum Gasteiger partial charge on any atom is -0.508 e. The van der Waals surface area contributed by atoms with Crippen LogP contribution in [0, 0.1) is 23.2 Å². The lowest BCUT2D eigenvalue weighted by Gasteiger charge is -2.61. The number of ether oxygens (including phenoxy) is 1. The molecule has 50 heavy (non-hydrogen) atoms. The summed E-state index contributed by atoms with van der Waals surface area (Å²) in [6, 6.07) is 3.83. The molecule has 0 aliphatic heterocycles. The summed E-state index contributed by atoms with van der Waals surface area (Å²) in [5.74, 6) is -0.151. The number of rotatable bonds is 16. The second-order valence-corrected chi connectivity index (χ2v) is 16.4. The van der Waals surface area contributed by atoms with Crippen LogP contribution in [0.1, 0.15) is 89.0 Å². The van der Waals surface area contributed by atoms with Gasteiger partial charge in [0.15, 0.2) is 0 Å². The Morgan fingerprint density at radius 2 is 1.62 bits per heavy atom. The van der Waals surface area contributed by atoms with Crippen LogP contribution in [0.5, 0.6) is 5.75 Å². The van der Waals surface area contributed by atoms with E-state index < -0.39 is 46.8 Å². The molecule has 5 saturated carbocycles. The van der Waals surface area contributed by atoms with Crippen LogP contribution in [-0.4, -0.2) is 84.0 Å². The maximum Gasteiger partial charge on any atom is 0.311 e. The lowest BCUT2D eigenvalue weighted by molar-refractivity contribution is -0.173. The predicted octanol–water partition coefficient (Wildman–Crippen LogP) is 2.70. The smallest absolute Gasteiger partial charge is 0.311 e. The summed E-state index contributed by atoms with van der Waals surface area (Å²) in [5, 5.41) is 21.2. The first-order valence-electron chi connectivity index (χ1n) is 18.2. The molecule has 276 valence electrons. The molecule has 2 unspecified atom stereocenters. The number of thioether (sulfide) groups is 1. The van der Waals surface area contributed by atoms with E-state index in [1.807, 2.05) is 6.26 Å². The van der Waals surface area contributed by atoms with Crippen molar-refractivity contribution in [2.45, 2.75) is 114 Å². The van der Waals surface area contributed by atoms with Crippen molar-refractivity contribution < 1.29 is 33.8 Å². The largest absolute Gasteiger partial charge is 0.508 e. The third-order valence-corrected chi connectivity index (χ3v) is 12.1. The van der Waals surface area contributed by atoms with Crippen molar-refractivity contribution in [1.82, 2.24) is 21.3 Å². The van der Waals surface area contributed by atoms with Crippen LogP contribution in [0.4, 0.5) is 0 Å². The first-order valence-corrected chi connectivity index (χ1v) is 19.6. The molecule has 4 amide bonds. The highest BCUT2D eigenvalue weighted by atomic mass is 32.2. The zero-order valence-corrected chi connectivity index (χ0v) is 30.3. The van der Waals surface area contributed by atoms with E-state index >= 15 is 0 Å². The molecule has 4 bridgehead atoms. The number of amides is 4. The molecular weight excluding hydrogens is 659 g/mol. The maximum absolute atomic E-state index is 14.1. The van der Waals surface area contributed by atoms with Crippen molar-refractivity contribution in [2.24, 2.45) is 28.9 Å². The Kier molecular flexibility index (Phi) is 12.7. The normalized spacial score (nSPS) is 27.4. The molecule has 0 saturated heterocycles. The Labute approximate surface area is 299 Å². The van der Waals surface area contributed by atoms with Crippen LogP contribution in [0.3, 0.4) is 0 Å². The number of carbonyl (C=O) groups is 5. The number of hydrogen-bond acceptors (Lipinski definition) is 9. The van der Waals surface area contributed by atoms with Crippen LogP contribution < -0.4 is 27.0 Å². The summed E-state index contributed by atoms with van der Waals surface area (Å²) in [5.41, 5.74) is 5.86. The van der Waals surface area contributed by atoms with Crippen molar-refractivity contribution in [3.05, 3.63) is 29.8 Å². The highest BCUT2D eigenvalue weighted by molar-refractivity contribution is 7.98. The van der Waals surface area contributed by atoms with E-state index in [0.29, 0.717) is 42.8 Å². The Morgan fingerprint density at radius 1 is 0.940 bits per heavy atom. The number of phenols is 1. The van der Waals surface area contributed by atoms with Gasteiger partial charge in [-0.1, -0.05) is 44.2 Å². The standard InChI is InChI=1S/C37H55N5O7S/c1-49-35(48)36-17-25-14-26(18-36)20-37(19-25,22-36)42-34(47)30(16-23-6-4-3-5-7-23)40-31(44)21-39-33(46)29(12-13-50-2)41-32(45)28(38)15-24-8-10-27(43)11-9-24/h8-11,23,25-26,28-30,43H,3-7,12-22,38H2,1-2H3,(H,39,46)(H,40,44)(H,41,45)(H,42,47)/t25?,26?,28-,29+,30-,36?,37?/m0/s1. The van der Waals surface area contributed by atoms with Gasteiger partial charge in [-0.25, -0.2) is 0 Å². The molecule has 1 aromatic carbocycles. The second-order valence-electron chi connectivity index (χ2n) is 15.4. The summed E-state index contributed by atoms with van der Waals surface area (Å²) in [4.78, 5) is 66.6. The van der Waals surface area contributed by atoms with Crippen LogP contribution in [0.25, 0.3) is 0 Å². The molecule has 12 nitrogen and oxygen atoms in total. The van der Waals surface area contributed by atoms with E-state index in [0.717, 1.165) is 63.4 Å². The summed E-state index contributed by atoms with van der Waals surface area (Å²) in [6.07, 6.45) is 13.3. The number of benzene rings is 1. The van der Waals surface area contributed by atoms with Crippen molar-refractivity contribution in [3.63, 3.8) is 0 Å². The van der Waals surface area contributed by atoms with Crippen LogP contribution in [-0.2, 0) is 35.1 Å². The molecule has 13 heteroatoms. The highest BCUT2D eigenvalue weighted by Crippen LogP contribution is 2.62. The molecule has 5 aliphatic carbocycles. The Morgan fingerprint density at radius 3 is 2.26 bits per heavy atom. The van der Waals surface area contributed by atoms with Gasteiger partial charge in [-0.2, -0.15) is 11.8 Å². The van der Waals surface area contributed by atoms with Crippen LogP contribution >= 0.6 is 11.8 Å². The van der Waals surface area contributed by atoms with Gasteiger partial charge in [0.2, 0.25) is 23.6 Å². The Hall–Kier alpha value is -3.32. The van der Waals surface area contributed by atoms with E-state index in [1.54, 1.807) is 12.1 Å². The monoisotopic (exact) mass is 713 g/mol. The molecule has 0 radical (unpaired) electrons. The minimum absolute atomic E-state index is 0.113. The number of nitrogens with one attached hydrogen (secondary N) is 4. The molecule has 5 atom stereocenters. The van der Waals surface area contributed by atoms with Gasteiger partial charge in [0.25, 0.3) is 0 Å². The lowest BCUT2D eigenvalue weighted by Crippen LogP contribution is -2.66. The van der Waals surface area contributed by atoms with E-state index in [4.69, 9.17) is 10.5 Å². The molecule has 6 rings (SSSR count). The van der Waals surface area contributed by atoms with Gasteiger partial charge in [-0.3, -0.25) is 24.0 Å². The van der Waals surface area contributed by atoms with Crippen molar-refractivity contribution in [1.29, 1.82) is 0 Å². The van der Waals surface area contributed by atoms with Gasteiger partial charge in [0, 0.05) is 5.54 Å². The first kappa shape index (κ1) is 37.9. The maximum atomic E-state index is 14.1. The SMILES string of the molecule is COC(=O)C12CC3CC(CC(NC(=O)[C@H](CC4CCCCC4)NC(=O)CNC(=O)[C@@H](CCSC)NC(=O)[C@@H](N)Cc4ccc(O)cc4)(C3)C1)C2. The second kappa shape index (κ2) is 16.8. The molecular formula is C37H55N5O7S. The number of aromatic hydroxyl groups is 1. The summed E-state index contributed by atoms with van der Waals surface area (Å²) in [7, 11) is 1.44. The number of methoxy groups -OCH3 is 1. The molecule has 0 aromatic heterocycles. The van der Waals surface area contributed by atoms with E-state index in [2.05, 4.69) is 21.3 Å². The molecule has 0 spiro atoms. The van der Waals surface area contributed by atoms with E-state index in [-0.39, 0.29) is 30.6 Å². The Balaban J connectivity index is 1.19. The van der Waals surface area contributed by atoms with Crippen LogP contribution in [0.15, 0.2) is 24.3 Å². The van der Waals surface area contributed by atoms with Crippen molar-refractivity contribution in [3.8, 4) is 5.75 Å². The number of carbonyl (C=O) groups excluding carboxylic acids is 5. The van der Waals surface area contributed by atoms with Gasteiger partial charge in [-0.05, 0) is 105 Å². The van der Waals surface area contributed by atoms with Crippen molar-refractivity contribution in [2.75, 3.05) is 25.7 Å². The number of esters is 1. The van der Waals surface area contributed by atoms with Gasteiger partial charge >= 0.3 is 5.97 Å². The van der Waals surface area contributed by atoms with Gasteiger partial charge in [-0.15, -0.1) is 0 Å². The van der Waals surface area contributed by atoms with E-state index in [1.165, 1.54) is 37.4 Å². The molecule has 0 heterocycles. The van der Waals surface area contributed by atoms with Gasteiger partial charge in [0.05, 0.1) is 25.1 Å². The van der Waals surface area contributed by atoms with Gasteiger partial charge < -0.3 is 36.8 Å². The topological polar surface area (TPSA) is 189 Å². The molecule has 5 fully saturated rings. The number of phenolic OH excluding ortho intramolecular Hbond substituents is 1. The average molecular weight is 714 g/mol. The molecule has 7 N–H and O–H groups in total. The summed E-state index contributed by atoms with van der Waals surface area (Å²) >= 11 is 1.53. The Bertz CT molecular complexity index is 1370. The zero-order chi connectivity index (χ0) is 35.9. The lowest BCUT2D eigenvalue weighted by atomic mass is 9.47. The fourth-order valence-corrected chi connectivity index (χ4v) is 9.97. The van der Waals surface area contributed by atoms with Crippen molar-refractivity contribution >= 4 is 41.4 Å². The fourth-order valence-electron chi connectivity index (χ4n) is 9.50. The van der Waals surface area contributed by atoms with Crippen LogP contribution in [0.2, 0.25) is 0 Å². The third kappa shape index (κ3) is 9.51. The summed E-state index contributed by atoms with van der Waals surface area (Å²) < 4.78 is 5.25. The minimum atomic E-state index is -0.914. The quantitative estimate of drug-likeness (QED) is 0.140. The van der Waals surface area contributed by atoms with E-state index in [9.17, 15) is 29.1 Å². The predicted molar refractivity (Wildman–Crippen MR) is 191 cm³/mol. The fraction of sp³-hybridized carbons (Fsp3) is 0.703. The molecule has 1 aromatic rings.